The second-order valence-corrected chi connectivity index (χ2v) is 9.09. The van der Waals surface area contributed by atoms with Crippen LogP contribution in [0.5, 0.6) is 0 Å². The lowest BCUT2D eigenvalue weighted by Crippen LogP contribution is -2.56. The van der Waals surface area contributed by atoms with Gasteiger partial charge in [-0.2, -0.15) is 0 Å². The van der Waals surface area contributed by atoms with Crippen molar-refractivity contribution in [1.82, 2.24) is 15.1 Å². The summed E-state index contributed by atoms with van der Waals surface area (Å²) in [6, 6.07) is 4.82. The summed E-state index contributed by atoms with van der Waals surface area (Å²) in [4.78, 5) is 66.6. The van der Waals surface area contributed by atoms with Crippen molar-refractivity contribution >= 4 is 35.0 Å². The molecule has 2 aliphatic heterocycles. The normalized spacial score (nSPS) is 20.8. The van der Waals surface area contributed by atoms with Crippen LogP contribution in [0.25, 0.3) is 0 Å². The maximum Gasteiger partial charge on any atom is 0.246 e. The molecule has 0 aliphatic carbocycles. The standard InChI is InChI=1S/C25H32N4O8/c26-21(22(34)15-6-2-1-3-7-15)16(12-30)24(36)29-11-5-9-19(29)25(37)28-10-4-8-18(28)23(35)27-17(13-31)20(33)14-32/h1-3,6-7,16-19,26,30-32H,4-5,8-14H2,(H,27,35)/t16-,17+,18+,19+/m1/s1. The summed E-state index contributed by atoms with van der Waals surface area (Å²) in [6.45, 7) is -1.89. The van der Waals surface area contributed by atoms with E-state index in [0.29, 0.717) is 25.7 Å². The fourth-order valence-corrected chi connectivity index (χ4v) is 4.78. The number of amides is 3. The Labute approximate surface area is 213 Å². The predicted molar refractivity (Wildman–Crippen MR) is 130 cm³/mol. The van der Waals surface area contributed by atoms with Gasteiger partial charge in [0.2, 0.25) is 23.5 Å². The maximum atomic E-state index is 13.5. The highest BCUT2D eigenvalue weighted by Crippen LogP contribution is 2.27. The fraction of sp³-hybridized carbons (Fsp3) is 0.520. The number of aliphatic hydroxyl groups is 3. The number of rotatable bonds is 11. The van der Waals surface area contributed by atoms with Crippen molar-refractivity contribution in [2.24, 2.45) is 5.92 Å². The second kappa shape index (κ2) is 12.7. The second-order valence-electron chi connectivity index (χ2n) is 9.09. The highest BCUT2D eigenvalue weighted by atomic mass is 16.3. The van der Waals surface area contributed by atoms with Crippen LogP contribution in [0.3, 0.4) is 0 Å². The monoisotopic (exact) mass is 516 g/mol. The zero-order chi connectivity index (χ0) is 27.1. The topological polar surface area (TPSA) is 188 Å². The third-order valence-electron chi connectivity index (χ3n) is 6.81. The van der Waals surface area contributed by atoms with E-state index in [1.807, 2.05) is 0 Å². The van der Waals surface area contributed by atoms with Crippen molar-refractivity contribution in [2.75, 3.05) is 32.9 Å². The van der Waals surface area contributed by atoms with E-state index in [0.717, 1.165) is 0 Å². The summed E-state index contributed by atoms with van der Waals surface area (Å²) in [5.41, 5.74) is -0.363. The summed E-state index contributed by atoms with van der Waals surface area (Å²) in [6.07, 6.45) is 1.63. The van der Waals surface area contributed by atoms with E-state index < -0.39 is 78.9 Å². The fourth-order valence-electron chi connectivity index (χ4n) is 4.78. The molecular weight excluding hydrogens is 484 g/mol. The van der Waals surface area contributed by atoms with E-state index in [9.17, 15) is 34.2 Å². The van der Waals surface area contributed by atoms with Crippen molar-refractivity contribution < 1.29 is 39.3 Å². The van der Waals surface area contributed by atoms with E-state index in [1.54, 1.807) is 18.2 Å². The van der Waals surface area contributed by atoms with Crippen LogP contribution >= 0.6 is 0 Å². The molecule has 0 unspecified atom stereocenters. The first-order chi connectivity index (χ1) is 17.7. The third-order valence-corrected chi connectivity index (χ3v) is 6.81. The van der Waals surface area contributed by atoms with Crippen molar-refractivity contribution in [1.29, 1.82) is 5.41 Å². The predicted octanol–water partition coefficient (Wildman–Crippen LogP) is -1.48. The Morgan fingerprint density at radius 3 is 2.14 bits per heavy atom. The van der Waals surface area contributed by atoms with Gasteiger partial charge in [-0.05, 0) is 25.7 Å². The van der Waals surface area contributed by atoms with Gasteiger partial charge in [0.25, 0.3) is 0 Å². The lowest BCUT2D eigenvalue weighted by atomic mass is 9.94. The van der Waals surface area contributed by atoms with Crippen LogP contribution < -0.4 is 5.32 Å². The largest absolute Gasteiger partial charge is 0.395 e. The first kappa shape index (κ1) is 28.1. The van der Waals surface area contributed by atoms with E-state index in [2.05, 4.69) is 5.32 Å². The minimum absolute atomic E-state index is 0.195. The van der Waals surface area contributed by atoms with Gasteiger partial charge in [-0.15, -0.1) is 0 Å². The van der Waals surface area contributed by atoms with E-state index in [4.69, 9.17) is 10.5 Å². The van der Waals surface area contributed by atoms with E-state index >= 15 is 0 Å². The van der Waals surface area contributed by atoms with Crippen LogP contribution in [-0.2, 0) is 19.2 Å². The lowest BCUT2D eigenvalue weighted by Gasteiger charge is -2.32. The Bertz CT molecular complexity index is 1050. The molecule has 0 spiro atoms. The summed E-state index contributed by atoms with van der Waals surface area (Å²) in [5, 5.41) is 38.9. The first-order valence-corrected chi connectivity index (χ1v) is 12.2. The molecule has 0 bridgehead atoms. The van der Waals surface area contributed by atoms with E-state index in [1.165, 1.54) is 21.9 Å². The molecule has 1 aromatic rings. The van der Waals surface area contributed by atoms with Gasteiger partial charge >= 0.3 is 0 Å². The lowest BCUT2D eigenvalue weighted by molar-refractivity contribution is -0.148. The highest BCUT2D eigenvalue weighted by molar-refractivity contribution is 6.48. The molecule has 0 aromatic heterocycles. The summed E-state index contributed by atoms with van der Waals surface area (Å²) in [5.74, 6) is -4.72. The van der Waals surface area contributed by atoms with Crippen LogP contribution in [0, 0.1) is 11.3 Å². The van der Waals surface area contributed by atoms with Gasteiger partial charge in [0, 0.05) is 18.7 Å². The number of nitrogens with zero attached hydrogens (tertiary/aromatic N) is 2. The van der Waals surface area contributed by atoms with Gasteiger partial charge in [-0.25, -0.2) is 0 Å². The van der Waals surface area contributed by atoms with Gasteiger partial charge in [0.05, 0.1) is 18.9 Å². The molecule has 3 rings (SSSR count). The zero-order valence-corrected chi connectivity index (χ0v) is 20.3. The number of Topliss-reactive ketones (excluding diaryl/α,β-unsaturated/α-hetero) is 2. The minimum atomic E-state index is -1.44. The molecule has 3 amide bonds. The summed E-state index contributed by atoms with van der Waals surface area (Å²) in [7, 11) is 0. The third kappa shape index (κ3) is 6.09. The number of hydrogen-bond donors (Lipinski definition) is 5. The minimum Gasteiger partial charge on any atom is -0.395 e. The molecule has 2 saturated heterocycles. The molecule has 2 heterocycles. The van der Waals surface area contributed by atoms with Crippen LogP contribution in [0.15, 0.2) is 30.3 Å². The number of ketones is 2. The first-order valence-electron chi connectivity index (χ1n) is 12.2. The Kier molecular flexibility index (Phi) is 9.61. The highest BCUT2D eigenvalue weighted by Gasteiger charge is 2.44. The van der Waals surface area contributed by atoms with Gasteiger partial charge in [-0.3, -0.25) is 24.0 Å². The van der Waals surface area contributed by atoms with Crippen molar-refractivity contribution in [2.45, 2.75) is 43.8 Å². The zero-order valence-electron chi connectivity index (χ0n) is 20.3. The SMILES string of the molecule is N=C(C(=O)c1ccccc1)[C@@H](CO)C(=O)N1CCC[C@H]1C(=O)N1CCC[C@H]1C(=O)N[C@@H](CO)C(=O)CO. The van der Waals surface area contributed by atoms with Gasteiger partial charge < -0.3 is 35.8 Å². The molecule has 12 heteroatoms. The number of benzene rings is 1. The number of aliphatic hydroxyl groups excluding tert-OH is 3. The summed E-state index contributed by atoms with van der Waals surface area (Å²) >= 11 is 0. The molecule has 12 nitrogen and oxygen atoms in total. The number of carbonyl (C=O) groups is 5. The molecule has 5 N–H and O–H groups in total. The summed E-state index contributed by atoms with van der Waals surface area (Å²) < 4.78 is 0. The Morgan fingerprint density at radius 1 is 0.919 bits per heavy atom. The van der Waals surface area contributed by atoms with Crippen molar-refractivity contribution in [3.05, 3.63) is 35.9 Å². The van der Waals surface area contributed by atoms with E-state index in [-0.39, 0.29) is 18.7 Å². The average molecular weight is 517 g/mol. The smallest absolute Gasteiger partial charge is 0.246 e. The van der Waals surface area contributed by atoms with Crippen molar-refractivity contribution in [3.8, 4) is 0 Å². The molecular formula is C25H32N4O8. The molecule has 37 heavy (non-hydrogen) atoms. The van der Waals surface area contributed by atoms with Crippen LogP contribution in [-0.4, -0.2) is 111 Å². The maximum absolute atomic E-state index is 13.5. The Morgan fingerprint density at radius 2 is 1.54 bits per heavy atom. The molecule has 0 radical (unpaired) electrons. The van der Waals surface area contributed by atoms with Crippen LogP contribution in [0.2, 0.25) is 0 Å². The number of likely N-dealkylation sites (tertiary alicyclic amines) is 2. The Balaban J connectivity index is 1.73. The van der Waals surface area contributed by atoms with Crippen LogP contribution in [0.1, 0.15) is 36.0 Å². The molecule has 2 fully saturated rings. The van der Waals surface area contributed by atoms with Gasteiger partial charge in [0.1, 0.15) is 30.7 Å². The molecule has 4 atom stereocenters. The number of hydrogen-bond acceptors (Lipinski definition) is 9. The quantitative estimate of drug-likeness (QED) is 0.174. The molecule has 0 saturated carbocycles. The van der Waals surface area contributed by atoms with Crippen LogP contribution in [0.4, 0.5) is 0 Å². The van der Waals surface area contributed by atoms with Crippen molar-refractivity contribution in [3.63, 3.8) is 0 Å². The number of nitrogens with one attached hydrogen (secondary N) is 2. The number of carbonyl (C=O) groups excluding carboxylic acids is 5. The molecule has 1 aromatic carbocycles. The Hall–Kier alpha value is -3.48. The molecule has 200 valence electrons. The van der Waals surface area contributed by atoms with Gasteiger partial charge in [-0.1, -0.05) is 30.3 Å². The van der Waals surface area contributed by atoms with Gasteiger partial charge in [0.15, 0.2) is 5.78 Å². The average Bonchev–Trinajstić information content (AvgIpc) is 3.61. The molecule has 2 aliphatic rings.